The molecule has 19 heavy (non-hydrogen) atoms. The lowest BCUT2D eigenvalue weighted by Crippen LogP contribution is -2.45. The van der Waals surface area contributed by atoms with Gasteiger partial charge in [0, 0.05) is 37.6 Å². The highest BCUT2D eigenvalue weighted by molar-refractivity contribution is 7.09. The second kappa shape index (κ2) is 6.79. The van der Waals surface area contributed by atoms with Gasteiger partial charge in [-0.25, -0.2) is 4.98 Å². The number of aryl methyl sites for hydroxylation is 1. The van der Waals surface area contributed by atoms with Crippen molar-refractivity contribution in [2.24, 2.45) is 5.41 Å². The smallest absolute Gasteiger partial charge is 0.0897 e. The van der Waals surface area contributed by atoms with Gasteiger partial charge in [0.2, 0.25) is 0 Å². The van der Waals surface area contributed by atoms with Crippen LogP contribution in [0.15, 0.2) is 5.38 Å². The molecule has 1 aromatic rings. The van der Waals surface area contributed by atoms with Crippen molar-refractivity contribution in [3.8, 4) is 0 Å². The normalized spacial score (nSPS) is 24.8. The van der Waals surface area contributed by atoms with Crippen LogP contribution in [0, 0.1) is 12.3 Å². The Morgan fingerprint density at radius 2 is 2.42 bits per heavy atom. The Bertz CT molecular complexity index is 397. The Kier molecular flexibility index (Phi) is 5.33. The zero-order valence-electron chi connectivity index (χ0n) is 11.9. The first-order valence-corrected chi connectivity index (χ1v) is 7.78. The van der Waals surface area contributed by atoms with Crippen molar-refractivity contribution in [1.82, 2.24) is 9.88 Å². The number of likely N-dealkylation sites (tertiary alicyclic amines) is 1. The molecule has 1 aliphatic heterocycles. The van der Waals surface area contributed by atoms with Crippen molar-refractivity contribution in [3.05, 3.63) is 16.1 Å². The molecule has 2 rings (SSSR count). The van der Waals surface area contributed by atoms with E-state index in [1.165, 1.54) is 0 Å². The summed E-state index contributed by atoms with van der Waals surface area (Å²) >= 11 is 1.71. The lowest BCUT2D eigenvalue weighted by Gasteiger charge is -2.41. The lowest BCUT2D eigenvalue weighted by atomic mass is 9.78. The number of hydrogen-bond acceptors (Lipinski definition) is 5. The Balaban J connectivity index is 1.95. The van der Waals surface area contributed by atoms with Crippen molar-refractivity contribution >= 4 is 11.3 Å². The molecule has 2 heterocycles. The number of aliphatic hydroxyl groups is 1. The van der Waals surface area contributed by atoms with Gasteiger partial charge in [-0.2, -0.15) is 0 Å². The molecule has 4 nitrogen and oxygen atoms in total. The van der Waals surface area contributed by atoms with Crippen LogP contribution in [0.1, 0.15) is 30.0 Å². The fourth-order valence-electron chi connectivity index (χ4n) is 2.89. The van der Waals surface area contributed by atoms with Crippen molar-refractivity contribution in [2.45, 2.75) is 32.7 Å². The topological polar surface area (TPSA) is 45.6 Å². The van der Waals surface area contributed by atoms with E-state index in [0.29, 0.717) is 0 Å². The number of aliphatic hydroxyl groups excluding tert-OH is 1. The van der Waals surface area contributed by atoms with Crippen LogP contribution in [0.5, 0.6) is 0 Å². The molecule has 1 aromatic heterocycles. The van der Waals surface area contributed by atoms with Gasteiger partial charge >= 0.3 is 0 Å². The number of hydrogen-bond donors (Lipinski definition) is 1. The van der Waals surface area contributed by atoms with Gasteiger partial charge < -0.3 is 9.84 Å². The molecular formula is C14H24N2O2S. The largest absolute Gasteiger partial charge is 0.396 e. The molecule has 0 saturated carbocycles. The molecule has 1 fully saturated rings. The molecule has 0 aliphatic carbocycles. The summed E-state index contributed by atoms with van der Waals surface area (Å²) < 4.78 is 5.19. The SMILES string of the molecule is COCCC1(CO)CCCN(Cc2csc(C)n2)C1. The molecule has 0 spiro atoms. The maximum atomic E-state index is 9.76. The van der Waals surface area contributed by atoms with Crippen LogP contribution in [0.25, 0.3) is 0 Å². The summed E-state index contributed by atoms with van der Waals surface area (Å²) in [4.78, 5) is 6.95. The van der Waals surface area contributed by atoms with Crippen LogP contribution in [-0.4, -0.2) is 48.4 Å². The van der Waals surface area contributed by atoms with Crippen LogP contribution >= 0.6 is 11.3 Å². The van der Waals surface area contributed by atoms with Crippen molar-refractivity contribution in [2.75, 3.05) is 33.4 Å². The fraction of sp³-hybridized carbons (Fsp3) is 0.786. The molecule has 0 amide bonds. The zero-order chi connectivity index (χ0) is 13.7. The summed E-state index contributed by atoms with van der Waals surface area (Å²) in [5, 5.41) is 13.0. The van der Waals surface area contributed by atoms with Crippen LogP contribution in [0.2, 0.25) is 0 Å². The van der Waals surface area contributed by atoms with E-state index in [1.807, 2.05) is 6.92 Å². The van der Waals surface area contributed by atoms with E-state index in [9.17, 15) is 5.11 Å². The minimum atomic E-state index is 0.0132. The van der Waals surface area contributed by atoms with E-state index < -0.39 is 0 Å². The Labute approximate surface area is 119 Å². The number of nitrogens with zero attached hydrogens (tertiary/aromatic N) is 2. The summed E-state index contributed by atoms with van der Waals surface area (Å²) in [5.41, 5.74) is 1.17. The first-order valence-electron chi connectivity index (χ1n) is 6.91. The Hall–Kier alpha value is -0.490. The van der Waals surface area contributed by atoms with E-state index in [-0.39, 0.29) is 12.0 Å². The minimum absolute atomic E-state index is 0.0132. The molecule has 1 unspecified atom stereocenters. The zero-order valence-corrected chi connectivity index (χ0v) is 12.7. The molecule has 1 aliphatic rings. The highest BCUT2D eigenvalue weighted by Crippen LogP contribution is 2.33. The van der Waals surface area contributed by atoms with Crippen LogP contribution in [0.4, 0.5) is 0 Å². The average molecular weight is 284 g/mol. The average Bonchev–Trinajstić information content (AvgIpc) is 2.82. The summed E-state index contributed by atoms with van der Waals surface area (Å²) in [6.45, 7) is 5.97. The number of ether oxygens (including phenoxy) is 1. The third-order valence-corrected chi connectivity index (χ3v) is 4.79. The highest BCUT2D eigenvalue weighted by Gasteiger charge is 2.34. The van der Waals surface area contributed by atoms with E-state index in [0.717, 1.165) is 56.2 Å². The molecule has 108 valence electrons. The van der Waals surface area contributed by atoms with Gasteiger partial charge in [-0.1, -0.05) is 0 Å². The summed E-state index contributed by atoms with van der Waals surface area (Å²) in [7, 11) is 1.73. The second-order valence-corrected chi connectivity index (χ2v) is 6.64. The van der Waals surface area contributed by atoms with Crippen LogP contribution in [-0.2, 0) is 11.3 Å². The standard InChI is InChI=1S/C14H24N2O2S/c1-12-15-13(9-19-12)8-16-6-3-4-14(10-16,11-17)5-7-18-2/h9,17H,3-8,10-11H2,1-2H3. The number of thiazole rings is 1. The predicted octanol–water partition coefficient (Wildman–Crippen LogP) is 2.06. The van der Waals surface area contributed by atoms with E-state index in [1.54, 1.807) is 18.4 Å². The van der Waals surface area contributed by atoms with Gasteiger partial charge in [-0.05, 0) is 32.7 Å². The Morgan fingerprint density at radius 3 is 3.05 bits per heavy atom. The summed E-state index contributed by atoms with van der Waals surface area (Å²) in [5.74, 6) is 0. The monoisotopic (exact) mass is 284 g/mol. The molecule has 0 radical (unpaired) electrons. The molecule has 1 saturated heterocycles. The third-order valence-electron chi connectivity index (χ3n) is 3.96. The molecule has 0 aromatic carbocycles. The van der Waals surface area contributed by atoms with Crippen molar-refractivity contribution in [3.63, 3.8) is 0 Å². The molecular weight excluding hydrogens is 260 g/mol. The Morgan fingerprint density at radius 1 is 1.58 bits per heavy atom. The molecule has 1 N–H and O–H groups in total. The summed E-state index contributed by atoms with van der Waals surface area (Å²) in [6.07, 6.45) is 3.18. The van der Waals surface area contributed by atoms with Gasteiger partial charge in [0.25, 0.3) is 0 Å². The van der Waals surface area contributed by atoms with Gasteiger partial charge in [0.15, 0.2) is 0 Å². The predicted molar refractivity (Wildman–Crippen MR) is 77.4 cm³/mol. The highest BCUT2D eigenvalue weighted by atomic mass is 32.1. The maximum Gasteiger partial charge on any atom is 0.0897 e. The van der Waals surface area contributed by atoms with Crippen LogP contribution < -0.4 is 0 Å². The molecule has 5 heteroatoms. The quantitative estimate of drug-likeness (QED) is 0.868. The maximum absolute atomic E-state index is 9.76. The molecule has 0 bridgehead atoms. The van der Waals surface area contributed by atoms with Crippen LogP contribution in [0.3, 0.4) is 0 Å². The third kappa shape index (κ3) is 3.99. The van der Waals surface area contributed by atoms with Gasteiger partial charge in [0.05, 0.1) is 17.3 Å². The second-order valence-electron chi connectivity index (χ2n) is 5.57. The van der Waals surface area contributed by atoms with E-state index in [2.05, 4.69) is 15.3 Å². The van der Waals surface area contributed by atoms with E-state index in [4.69, 9.17) is 4.74 Å². The van der Waals surface area contributed by atoms with E-state index >= 15 is 0 Å². The van der Waals surface area contributed by atoms with Crippen molar-refractivity contribution in [1.29, 1.82) is 0 Å². The van der Waals surface area contributed by atoms with Gasteiger partial charge in [-0.15, -0.1) is 11.3 Å². The van der Waals surface area contributed by atoms with Gasteiger partial charge in [-0.3, -0.25) is 4.90 Å². The first-order chi connectivity index (χ1) is 9.17. The lowest BCUT2D eigenvalue weighted by molar-refractivity contribution is 0.00442. The number of piperidine rings is 1. The first kappa shape index (κ1) is 14.9. The fourth-order valence-corrected chi connectivity index (χ4v) is 3.49. The molecule has 1 atom stereocenters. The minimum Gasteiger partial charge on any atom is -0.396 e. The number of rotatable bonds is 6. The van der Waals surface area contributed by atoms with Crippen molar-refractivity contribution < 1.29 is 9.84 Å². The number of methoxy groups -OCH3 is 1. The summed E-state index contributed by atoms with van der Waals surface area (Å²) in [6, 6.07) is 0. The van der Waals surface area contributed by atoms with Gasteiger partial charge in [0.1, 0.15) is 0 Å². The number of aromatic nitrogens is 1.